The number of hydrogen-bond acceptors (Lipinski definition) is 3. The van der Waals surface area contributed by atoms with Gasteiger partial charge < -0.3 is 14.9 Å². The fourth-order valence-electron chi connectivity index (χ4n) is 5.07. The third kappa shape index (κ3) is 2.56. The van der Waals surface area contributed by atoms with Crippen LogP contribution in [0.2, 0.25) is 0 Å². The van der Waals surface area contributed by atoms with Crippen molar-refractivity contribution < 1.29 is 14.9 Å². The maximum Gasteiger partial charge on any atom is 0.107 e. The van der Waals surface area contributed by atoms with Crippen LogP contribution in [-0.2, 0) is 4.74 Å². The average molecular weight is 394 g/mol. The van der Waals surface area contributed by atoms with Gasteiger partial charge in [-0.2, -0.15) is 0 Å². The smallest absolute Gasteiger partial charge is 0.107 e. The van der Waals surface area contributed by atoms with Crippen LogP contribution >= 0.6 is 0 Å². The quantitative estimate of drug-likeness (QED) is 0.401. The molecule has 1 fully saturated rings. The molecule has 0 saturated carbocycles. The molecule has 3 heteroatoms. The molecule has 0 amide bonds. The fraction of sp³-hybridized carbons (Fsp3) is 0.185. The summed E-state index contributed by atoms with van der Waals surface area (Å²) in [5.74, 6) is 0. The van der Waals surface area contributed by atoms with Gasteiger partial charge in [0.25, 0.3) is 0 Å². The molecule has 3 atom stereocenters. The number of aliphatic hydroxyl groups is 2. The van der Waals surface area contributed by atoms with Crippen LogP contribution in [0.4, 0.5) is 0 Å². The molecule has 0 spiro atoms. The number of aliphatic hydroxyl groups excluding tert-OH is 2. The van der Waals surface area contributed by atoms with E-state index in [0.717, 1.165) is 10.9 Å². The van der Waals surface area contributed by atoms with E-state index in [1.807, 2.05) is 6.07 Å². The predicted octanol–water partition coefficient (Wildman–Crippen LogP) is 5.43. The van der Waals surface area contributed by atoms with Gasteiger partial charge in [0.1, 0.15) is 6.10 Å². The summed E-state index contributed by atoms with van der Waals surface area (Å²) in [6.45, 7) is -0.163. The summed E-state index contributed by atoms with van der Waals surface area (Å²) in [4.78, 5) is 0. The molecule has 5 aromatic carbocycles. The molecule has 30 heavy (non-hydrogen) atoms. The zero-order chi connectivity index (χ0) is 20.2. The highest BCUT2D eigenvalue weighted by atomic mass is 16.5. The fourth-order valence-corrected chi connectivity index (χ4v) is 5.07. The summed E-state index contributed by atoms with van der Waals surface area (Å²) in [5, 5.41) is 27.1. The highest BCUT2D eigenvalue weighted by Gasteiger charge is 2.35. The van der Waals surface area contributed by atoms with Crippen molar-refractivity contribution in [1.29, 1.82) is 0 Å². The van der Waals surface area contributed by atoms with Gasteiger partial charge >= 0.3 is 0 Å². The van der Waals surface area contributed by atoms with Gasteiger partial charge in [0.15, 0.2) is 0 Å². The highest BCUT2D eigenvalue weighted by Crippen LogP contribution is 2.43. The van der Waals surface area contributed by atoms with Crippen LogP contribution in [0.1, 0.15) is 18.1 Å². The number of ether oxygens (including phenoxy) is 1. The Kier molecular flexibility index (Phi) is 4.03. The van der Waals surface area contributed by atoms with Gasteiger partial charge in [-0.15, -0.1) is 0 Å². The van der Waals surface area contributed by atoms with Gasteiger partial charge in [-0.1, -0.05) is 78.9 Å². The van der Waals surface area contributed by atoms with Crippen molar-refractivity contribution in [2.75, 3.05) is 6.61 Å². The van der Waals surface area contributed by atoms with Gasteiger partial charge in [0.05, 0.1) is 18.8 Å². The minimum Gasteiger partial charge on any atom is -0.394 e. The van der Waals surface area contributed by atoms with Gasteiger partial charge in [0, 0.05) is 6.42 Å². The van der Waals surface area contributed by atoms with E-state index >= 15 is 0 Å². The second-order valence-electron chi connectivity index (χ2n) is 8.21. The Morgan fingerprint density at radius 2 is 1.43 bits per heavy atom. The molecule has 0 aromatic heterocycles. The van der Waals surface area contributed by atoms with Crippen molar-refractivity contribution in [2.24, 2.45) is 0 Å². The van der Waals surface area contributed by atoms with E-state index in [1.54, 1.807) is 0 Å². The Balaban J connectivity index is 1.63. The van der Waals surface area contributed by atoms with Crippen molar-refractivity contribution in [3.8, 4) is 11.1 Å². The van der Waals surface area contributed by atoms with Crippen LogP contribution in [0, 0.1) is 0 Å². The monoisotopic (exact) mass is 394 g/mol. The molecule has 1 heterocycles. The summed E-state index contributed by atoms with van der Waals surface area (Å²) in [6.07, 6.45) is -0.860. The number of rotatable bonds is 3. The topological polar surface area (TPSA) is 49.7 Å². The standard InChI is InChI=1S/C27H22O3/c28-15-25-23(29)14-24(30-25)20-11-7-18-8-12-21-19(16-4-2-1-3-5-16)10-6-17-9-13-22(20)27(18)26(17)21/h1-13,23-25,28-29H,14-15H2/t23?,24-,25-/m1/s1. The largest absolute Gasteiger partial charge is 0.394 e. The van der Waals surface area contributed by atoms with Crippen LogP contribution in [0.3, 0.4) is 0 Å². The van der Waals surface area contributed by atoms with Crippen LogP contribution < -0.4 is 0 Å². The lowest BCUT2D eigenvalue weighted by atomic mass is 9.87. The Bertz CT molecular complexity index is 1360. The lowest BCUT2D eigenvalue weighted by molar-refractivity contribution is -0.0222. The molecule has 5 aromatic rings. The minimum atomic E-state index is -0.636. The summed E-state index contributed by atoms with van der Waals surface area (Å²) in [5.41, 5.74) is 3.52. The van der Waals surface area contributed by atoms with Crippen LogP contribution in [-0.4, -0.2) is 29.0 Å². The van der Waals surface area contributed by atoms with Gasteiger partial charge in [-0.25, -0.2) is 0 Å². The SMILES string of the molecule is OC[C@H]1O[C@@H](c2ccc3ccc4c(-c5ccccc5)ccc5ccc2c3c54)CC1O. The van der Waals surface area contributed by atoms with Gasteiger partial charge in [-0.3, -0.25) is 0 Å². The third-order valence-corrected chi connectivity index (χ3v) is 6.53. The van der Waals surface area contributed by atoms with Crippen LogP contribution in [0.5, 0.6) is 0 Å². The molecular formula is C27H22O3. The summed E-state index contributed by atoms with van der Waals surface area (Å²) >= 11 is 0. The van der Waals surface area contributed by atoms with Gasteiger partial charge in [-0.05, 0) is 49.0 Å². The molecule has 1 aliphatic heterocycles. The average Bonchev–Trinajstić information content (AvgIpc) is 3.18. The first kappa shape index (κ1) is 17.8. The van der Waals surface area contributed by atoms with E-state index < -0.39 is 12.2 Å². The number of hydrogen-bond donors (Lipinski definition) is 2. The van der Waals surface area contributed by atoms with E-state index in [1.165, 1.54) is 38.1 Å². The Morgan fingerprint density at radius 1 is 0.767 bits per heavy atom. The lowest BCUT2D eigenvalue weighted by Crippen LogP contribution is -2.24. The Labute approximate surface area is 174 Å². The van der Waals surface area contributed by atoms with E-state index in [-0.39, 0.29) is 12.7 Å². The molecule has 1 unspecified atom stereocenters. The van der Waals surface area contributed by atoms with Crippen molar-refractivity contribution in [2.45, 2.75) is 24.7 Å². The first-order chi connectivity index (χ1) is 14.7. The molecule has 6 rings (SSSR count). The molecule has 0 aliphatic carbocycles. The van der Waals surface area contributed by atoms with Crippen molar-refractivity contribution in [3.63, 3.8) is 0 Å². The zero-order valence-electron chi connectivity index (χ0n) is 16.5. The van der Waals surface area contributed by atoms with Crippen molar-refractivity contribution >= 4 is 32.3 Å². The molecular weight excluding hydrogens is 372 g/mol. The van der Waals surface area contributed by atoms with Crippen LogP contribution in [0.15, 0.2) is 78.9 Å². The normalized spacial score (nSPS) is 21.9. The van der Waals surface area contributed by atoms with Crippen molar-refractivity contribution in [3.05, 3.63) is 84.4 Å². The predicted molar refractivity (Wildman–Crippen MR) is 121 cm³/mol. The molecule has 0 radical (unpaired) electrons. The van der Waals surface area contributed by atoms with E-state index in [4.69, 9.17) is 4.74 Å². The Morgan fingerprint density at radius 3 is 2.17 bits per heavy atom. The van der Waals surface area contributed by atoms with E-state index in [0.29, 0.717) is 6.42 Å². The summed E-state index contributed by atoms with van der Waals surface area (Å²) in [7, 11) is 0. The first-order valence-electron chi connectivity index (χ1n) is 10.4. The van der Waals surface area contributed by atoms with E-state index in [2.05, 4.69) is 72.8 Å². The minimum absolute atomic E-state index is 0.163. The second kappa shape index (κ2) is 6.78. The number of benzene rings is 5. The highest BCUT2D eigenvalue weighted by molar-refractivity contribution is 6.26. The van der Waals surface area contributed by atoms with E-state index in [9.17, 15) is 10.2 Å². The molecule has 2 N–H and O–H groups in total. The lowest BCUT2D eigenvalue weighted by Gasteiger charge is -2.19. The zero-order valence-corrected chi connectivity index (χ0v) is 16.5. The molecule has 0 bridgehead atoms. The summed E-state index contributed by atoms with van der Waals surface area (Å²) in [6, 6.07) is 27.9. The second-order valence-corrected chi connectivity index (χ2v) is 8.21. The summed E-state index contributed by atoms with van der Waals surface area (Å²) < 4.78 is 5.99. The molecule has 148 valence electrons. The maximum atomic E-state index is 10.2. The van der Waals surface area contributed by atoms with Gasteiger partial charge in [0.2, 0.25) is 0 Å². The van der Waals surface area contributed by atoms with Crippen molar-refractivity contribution in [1.82, 2.24) is 0 Å². The molecule has 3 nitrogen and oxygen atoms in total. The third-order valence-electron chi connectivity index (χ3n) is 6.53. The Hall–Kier alpha value is -2.98. The molecule has 1 aliphatic rings. The maximum absolute atomic E-state index is 10.2. The molecule has 1 saturated heterocycles. The first-order valence-corrected chi connectivity index (χ1v) is 10.4. The van der Waals surface area contributed by atoms with Crippen LogP contribution in [0.25, 0.3) is 43.4 Å².